The van der Waals surface area contributed by atoms with E-state index in [4.69, 9.17) is 10.00 Å². The number of methoxy groups -OCH3 is 1. The van der Waals surface area contributed by atoms with Gasteiger partial charge in [0.15, 0.2) is 11.6 Å². The van der Waals surface area contributed by atoms with E-state index in [0.717, 1.165) is 12.1 Å². The highest BCUT2D eigenvalue weighted by Crippen LogP contribution is 2.20. The Morgan fingerprint density at radius 2 is 2.05 bits per heavy atom. The lowest BCUT2D eigenvalue weighted by Crippen LogP contribution is -2.32. The molecule has 1 aromatic carbocycles. The zero-order chi connectivity index (χ0) is 14.3. The molecule has 1 aromatic rings. The predicted molar refractivity (Wildman–Crippen MR) is 64.4 cm³/mol. The zero-order valence-electron chi connectivity index (χ0n) is 10.3. The maximum Gasteiger partial charge on any atom is 0.239 e. The summed E-state index contributed by atoms with van der Waals surface area (Å²) in [4.78, 5) is 11.3. The third kappa shape index (κ3) is 4.52. The van der Waals surface area contributed by atoms with Crippen molar-refractivity contribution in [3.8, 4) is 6.07 Å². The molecule has 0 aromatic heterocycles. The number of nitrogens with one attached hydrogen (secondary N) is 2. The Hall–Kier alpha value is -2.20. The highest BCUT2D eigenvalue weighted by Gasteiger charge is 2.12. The molecule has 0 unspecified atom stereocenters. The fourth-order valence-corrected chi connectivity index (χ4v) is 1.33. The van der Waals surface area contributed by atoms with Gasteiger partial charge in [0.2, 0.25) is 5.91 Å². The number of carbonyl (C=O) groups excluding carboxylic acids is 1. The Balaban J connectivity index is 2.59. The van der Waals surface area contributed by atoms with Crippen molar-refractivity contribution in [2.45, 2.75) is 0 Å². The van der Waals surface area contributed by atoms with E-state index in [1.54, 1.807) is 6.07 Å². The molecular formula is C12H13F2N3O2. The van der Waals surface area contributed by atoms with Crippen LogP contribution in [0, 0.1) is 23.0 Å². The summed E-state index contributed by atoms with van der Waals surface area (Å²) in [6, 6.07) is 3.43. The van der Waals surface area contributed by atoms with Crippen molar-refractivity contribution in [3.05, 3.63) is 29.3 Å². The average Bonchev–Trinajstić information content (AvgIpc) is 2.37. The van der Waals surface area contributed by atoms with Gasteiger partial charge in [0, 0.05) is 13.7 Å². The molecule has 0 aliphatic heterocycles. The van der Waals surface area contributed by atoms with Gasteiger partial charge >= 0.3 is 0 Å². The van der Waals surface area contributed by atoms with Gasteiger partial charge in [-0.3, -0.25) is 4.79 Å². The van der Waals surface area contributed by atoms with Crippen LogP contribution < -0.4 is 10.6 Å². The Morgan fingerprint density at radius 3 is 2.58 bits per heavy atom. The molecule has 0 heterocycles. The van der Waals surface area contributed by atoms with Gasteiger partial charge in [0.05, 0.1) is 24.8 Å². The third-order valence-corrected chi connectivity index (χ3v) is 2.23. The van der Waals surface area contributed by atoms with Crippen LogP contribution in [0.5, 0.6) is 0 Å². The van der Waals surface area contributed by atoms with Crippen LogP contribution in [0.2, 0.25) is 0 Å². The van der Waals surface area contributed by atoms with Gasteiger partial charge in [-0.25, -0.2) is 8.78 Å². The first kappa shape index (κ1) is 14.9. The predicted octanol–water partition coefficient (Wildman–Crippen LogP) is 1.01. The Kier molecular flexibility index (Phi) is 5.70. The number of rotatable bonds is 6. The van der Waals surface area contributed by atoms with Crippen LogP contribution in [0.3, 0.4) is 0 Å². The molecule has 0 radical (unpaired) electrons. The number of ether oxygens (including phenoxy) is 1. The van der Waals surface area contributed by atoms with Crippen molar-refractivity contribution in [1.29, 1.82) is 5.26 Å². The number of halogens is 2. The van der Waals surface area contributed by atoms with Crippen molar-refractivity contribution in [2.75, 3.05) is 32.1 Å². The van der Waals surface area contributed by atoms with Crippen molar-refractivity contribution in [1.82, 2.24) is 5.32 Å². The van der Waals surface area contributed by atoms with Crippen LogP contribution in [0.1, 0.15) is 5.56 Å². The number of hydrogen-bond acceptors (Lipinski definition) is 4. The number of carbonyl (C=O) groups is 1. The molecule has 1 rings (SSSR count). The highest BCUT2D eigenvalue weighted by atomic mass is 19.1. The van der Waals surface area contributed by atoms with Crippen LogP contribution in [0.4, 0.5) is 14.5 Å². The molecule has 5 nitrogen and oxygen atoms in total. The monoisotopic (exact) mass is 269 g/mol. The van der Waals surface area contributed by atoms with Crippen molar-refractivity contribution >= 4 is 11.6 Å². The fraction of sp³-hybridized carbons (Fsp3) is 0.333. The fourth-order valence-electron chi connectivity index (χ4n) is 1.33. The standard InChI is InChI=1S/C12H13F2N3O2/c1-19-3-2-16-11(18)7-17-12-9(13)4-8(6-15)5-10(12)14/h4-5,17H,2-3,7H2,1H3,(H,16,18). The van der Waals surface area contributed by atoms with E-state index in [2.05, 4.69) is 10.6 Å². The van der Waals surface area contributed by atoms with E-state index in [1.807, 2.05) is 0 Å². The topological polar surface area (TPSA) is 74.2 Å². The highest BCUT2D eigenvalue weighted by molar-refractivity contribution is 5.80. The average molecular weight is 269 g/mol. The van der Waals surface area contributed by atoms with Crippen molar-refractivity contribution in [3.63, 3.8) is 0 Å². The molecule has 19 heavy (non-hydrogen) atoms. The molecule has 102 valence electrons. The van der Waals surface area contributed by atoms with E-state index in [1.165, 1.54) is 7.11 Å². The van der Waals surface area contributed by atoms with Gasteiger partial charge in [-0.1, -0.05) is 0 Å². The molecule has 0 atom stereocenters. The smallest absolute Gasteiger partial charge is 0.239 e. The molecular weight excluding hydrogens is 256 g/mol. The Morgan fingerprint density at radius 1 is 1.42 bits per heavy atom. The first-order valence-corrected chi connectivity index (χ1v) is 5.47. The van der Waals surface area contributed by atoms with E-state index in [-0.39, 0.29) is 12.1 Å². The minimum absolute atomic E-state index is 0.120. The van der Waals surface area contributed by atoms with Crippen molar-refractivity contribution < 1.29 is 18.3 Å². The van der Waals surface area contributed by atoms with Gasteiger partial charge in [-0.2, -0.15) is 5.26 Å². The summed E-state index contributed by atoms with van der Waals surface area (Å²) in [5.41, 5.74) is -0.550. The lowest BCUT2D eigenvalue weighted by Gasteiger charge is -2.09. The number of nitrogens with zero attached hydrogens (tertiary/aromatic N) is 1. The van der Waals surface area contributed by atoms with Crippen LogP contribution in [0.15, 0.2) is 12.1 Å². The molecule has 1 amide bonds. The van der Waals surface area contributed by atoms with Crippen LogP contribution in [-0.4, -0.2) is 32.7 Å². The first-order chi connectivity index (χ1) is 9.08. The number of hydrogen-bond donors (Lipinski definition) is 2. The summed E-state index contributed by atoms with van der Waals surface area (Å²) in [5, 5.41) is 13.4. The Bertz CT molecular complexity index is 477. The molecule has 7 heteroatoms. The van der Waals surface area contributed by atoms with Gasteiger partial charge in [-0.15, -0.1) is 0 Å². The molecule has 0 saturated carbocycles. The molecule has 0 saturated heterocycles. The molecule has 0 aliphatic rings. The number of anilines is 1. The quantitative estimate of drug-likeness (QED) is 0.756. The molecule has 0 bridgehead atoms. The van der Waals surface area contributed by atoms with Gasteiger partial charge in [0.25, 0.3) is 0 Å². The minimum atomic E-state index is -0.916. The number of benzene rings is 1. The van der Waals surface area contributed by atoms with Gasteiger partial charge in [-0.05, 0) is 12.1 Å². The summed E-state index contributed by atoms with van der Waals surface area (Å²) < 4.78 is 31.6. The lowest BCUT2D eigenvalue weighted by molar-refractivity contribution is -0.119. The van der Waals surface area contributed by atoms with Crippen LogP contribution >= 0.6 is 0 Å². The SMILES string of the molecule is COCCNC(=O)CNc1c(F)cc(C#N)cc1F. The minimum Gasteiger partial charge on any atom is -0.383 e. The zero-order valence-corrected chi connectivity index (χ0v) is 10.3. The second kappa shape index (κ2) is 7.28. The van der Waals surface area contributed by atoms with Gasteiger partial charge < -0.3 is 15.4 Å². The Labute approximate surface area is 109 Å². The van der Waals surface area contributed by atoms with E-state index >= 15 is 0 Å². The molecule has 2 N–H and O–H groups in total. The number of amides is 1. The summed E-state index contributed by atoms with van der Waals surface area (Å²) in [7, 11) is 1.49. The van der Waals surface area contributed by atoms with E-state index in [9.17, 15) is 13.6 Å². The maximum atomic E-state index is 13.4. The summed E-state index contributed by atoms with van der Waals surface area (Å²) >= 11 is 0. The molecule has 0 fully saturated rings. The first-order valence-electron chi connectivity index (χ1n) is 5.47. The molecule has 0 aliphatic carbocycles. The largest absolute Gasteiger partial charge is 0.383 e. The second-order valence-corrected chi connectivity index (χ2v) is 3.62. The van der Waals surface area contributed by atoms with Crippen LogP contribution in [0.25, 0.3) is 0 Å². The summed E-state index contributed by atoms with van der Waals surface area (Å²) in [6.07, 6.45) is 0. The van der Waals surface area contributed by atoms with E-state index in [0.29, 0.717) is 13.2 Å². The molecule has 0 spiro atoms. The number of nitriles is 1. The summed E-state index contributed by atoms with van der Waals surface area (Å²) in [6.45, 7) is 0.393. The maximum absolute atomic E-state index is 13.4. The van der Waals surface area contributed by atoms with Crippen molar-refractivity contribution in [2.24, 2.45) is 0 Å². The second-order valence-electron chi connectivity index (χ2n) is 3.62. The summed E-state index contributed by atoms with van der Waals surface area (Å²) in [5.74, 6) is -2.25. The normalized spacial score (nSPS) is 9.79. The van der Waals surface area contributed by atoms with E-state index < -0.39 is 23.2 Å². The third-order valence-electron chi connectivity index (χ3n) is 2.23. The van der Waals surface area contributed by atoms with Gasteiger partial charge in [0.1, 0.15) is 5.69 Å². The lowest BCUT2D eigenvalue weighted by atomic mass is 10.2. The van der Waals surface area contributed by atoms with Crippen LogP contribution in [-0.2, 0) is 9.53 Å².